The minimum atomic E-state index is -0.864. The van der Waals surface area contributed by atoms with Crippen molar-refractivity contribution in [1.29, 1.82) is 0 Å². The molecular formula is C24H25IN4O7S. The van der Waals surface area contributed by atoms with Crippen LogP contribution in [0.4, 0.5) is 5.69 Å². The number of nitrogens with zero attached hydrogens (tertiary/aromatic N) is 4. The van der Waals surface area contributed by atoms with Crippen molar-refractivity contribution in [3.8, 4) is 0 Å². The van der Waals surface area contributed by atoms with Crippen LogP contribution in [-0.4, -0.2) is 48.6 Å². The highest BCUT2D eigenvalue weighted by atomic mass is 127. The summed E-state index contributed by atoms with van der Waals surface area (Å²) in [6, 6.07) is 5.32. The van der Waals surface area contributed by atoms with Crippen molar-refractivity contribution in [3.05, 3.63) is 68.7 Å². The normalized spacial score (nSPS) is 21.5. The smallest absolute Gasteiger partial charge is 0.355 e. The van der Waals surface area contributed by atoms with Crippen LogP contribution in [0.1, 0.15) is 30.0 Å². The predicted octanol–water partition coefficient (Wildman–Crippen LogP) is -1.46. The van der Waals surface area contributed by atoms with Crippen LogP contribution in [0.2, 0.25) is 0 Å². The Morgan fingerprint density at radius 2 is 2.00 bits per heavy atom. The molecule has 2 aliphatic rings. The molecule has 3 aromatic rings. The number of nitro groups is 1. The second kappa shape index (κ2) is 10.1. The molecule has 4 atom stereocenters. The fraction of sp³-hybridized carbons (Fsp3) is 0.375. The highest BCUT2D eigenvalue weighted by Gasteiger charge is 2.60. The van der Waals surface area contributed by atoms with Crippen molar-refractivity contribution in [1.82, 2.24) is 9.47 Å². The van der Waals surface area contributed by atoms with Crippen molar-refractivity contribution >= 4 is 39.3 Å². The summed E-state index contributed by atoms with van der Waals surface area (Å²) in [5.74, 6) is -1.86. The van der Waals surface area contributed by atoms with Crippen molar-refractivity contribution in [2.45, 2.75) is 39.2 Å². The van der Waals surface area contributed by atoms with Crippen LogP contribution in [0.3, 0.4) is 0 Å². The third-order valence-corrected chi connectivity index (χ3v) is 8.15. The molecule has 0 bridgehead atoms. The van der Waals surface area contributed by atoms with Gasteiger partial charge in [-0.25, -0.2) is 9.36 Å². The molecule has 1 aromatic carbocycles. The average Bonchev–Trinajstić information content (AvgIpc) is 3.43. The first-order chi connectivity index (χ1) is 17.1. The molecule has 2 aromatic heterocycles. The van der Waals surface area contributed by atoms with E-state index >= 15 is 0 Å². The first kappa shape index (κ1) is 27.2. The molecule has 0 spiro atoms. The lowest BCUT2D eigenvalue weighted by molar-refractivity contribution is -0.508. The van der Waals surface area contributed by atoms with Gasteiger partial charge in [-0.2, -0.15) is 4.40 Å². The second-order valence-electron chi connectivity index (χ2n) is 9.15. The van der Waals surface area contributed by atoms with Gasteiger partial charge in [-0.15, -0.1) is 0 Å². The summed E-state index contributed by atoms with van der Waals surface area (Å²) >= 11 is 1.41. The molecule has 1 fully saturated rings. The number of amides is 1. The maximum Gasteiger partial charge on any atom is 0.355 e. The Labute approximate surface area is 232 Å². The van der Waals surface area contributed by atoms with Gasteiger partial charge < -0.3 is 43.8 Å². The monoisotopic (exact) mass is 640 g/mol. The van der Waals surface area contributed by atoms with Crippen molar-refractivity contribution in [2.24, 2.45) is 18.9 Å². The van der Waals surface area contributed by atoms with Gasteiger partial charge in [0.25, 0.3) is 5.69 Å². The molecule has 1 amide bonds. The van der Waals surface area contributed by atoms with Crippen LogP contribution in [0.25, 0.3) is 10.4 Å². The molecule has 5 rings (SSSR count). The van der Waals surface area contributed by atoms with Crippen molar-refractivity contribution in [3.63, 3.8) is 0 Å². The number of imidazole rings is 1. The number of carbonyl (C=O) groups excluding carboxylic acids is 2. The summed E-state index contributed by atoms with van der Waals surface area (Å²) in [7, 11) is 1.83. The fourth-order valence-corrected chi connectivity index (χ4v) is 6.49. The number of carbonyl (C=O) groups is 2. The van der Waals surface area contributed by atoms with E-state index in [1.54, 1.807) is 6.92 Å². The number of rotatable bonds is 7. The molecule has 0 unspecified atom stereocenters. The first-order valence-electron chi connectivity index (χ1n) is 11.4. The largest absolute Gasteiger partial charge is 1.00 e. The lowest BCUT2D eigenvalue weighted by atomic mass is 9.77. The molecule has 11 nitrogen and oxygen atoms in total. The van der Waals surface area contributed by atoms with Gasteiger partial charge in [-0.05, 0) is 24.6 Å². The second-order valence-corrected chi connectivity index (χ2v) is 10.2. The molecule has 2 N–H and O–H groups in total. The maximum absolute atomic E-state index is 13.4. The minimum absolute atomic E-state index is 0. The van der Waals surface area contributed by atoms with Crippen LogP contribution in [-0.2, 0) is 34.6 Å². The van der Waals surface area contributed by atoms with Crippen LogP contribution in [0, 0.1) is 22.0 Å². The van der Waals surface area contributed by atoms with E-state index in [0.29, 0.717) is 11.1 Å². The number of ether oxygens (including phenoxy) is 1. The fourth-order valence-electron chi connectivity index (χ4n) is 5.19. The Bertz CT molecular complexity index is 1430. The standard InChI is InChI=1S/C24H25N4O7S.HI/c1-12-18(17-8-26-11-25(3)16(9-29)23(26)36-17)21(27-20(12)19(13(2)30)22(27)31)24(32)35-10-14-4-6-15(7-5-14)28(33)34;/h4-8,11-13,19-20,29-30H,9-10H2,1-3H3;1H/q+1;/p-1/t12-,13+,19+,20+;/m0./s1. The number of β-lactam (4-membered cyclic amide) rings is 1. The minimum Gasteiger partial charge on any atom is -1.00 e. The molecule has 4 heterocycles. The van der Waals surface area contributed by atoms with Gasteiger partial charge in [-0.3, -0.25) is 14.9 Å². The number of aliphatic hydroxyl groups is 2. The number of nitro benzene ring substituents is 1. The Morgan fingerprint density at radius 3 is 2.59 bits per heavy atom. The zero-order chi connectivity index (χ0) is 25.9. The van der Waals surface area contributed by atoms with E-state index < -0.39 is 22.9 Å². The lowest BCUT2D eigenvalue weighted by Crippen LogP contribution is -3.00. The highest BCUT2D eigenvalue weighted by Crippen LogP contribution is 2.51. The summed E-state index contributed by atoms with van der Waals surface area (Å²) in [6.45, 7) is 3.22. The lowest BCUT2D eigenvalue weighted by Gasteiger charge is -2.46. The highest BCUT2D eigenvalue weighted by molar-refractivity contribution is 7.18. The van der Waals surface area contributed by atoms with Gasteiger partial charge in [0.2, 0.25) is 17.1 Å². The third kappa shape index (κ3) is 4.32. The summed E-state index contributed by atoms with van der Waals surface area (Å²) in [6.07, 6.45) is 2.83. The number of benzene rings is 1. The molecule has 196 valence electrons. The molecule has 0 saturated carbocycles. The zero-order valence-electron chi connectivity index (χ0n) is 20.2. The molecular weight excluding hydrogens is 615 g/mol. The van der Waals surface area contributed by atoms with E-state index in [-0.39, 0.29) is 66.4 Å². The van der Waals surface area contributed by atoms with Gasteiger partial charge in [0, 0.05) is 23.6 Å². The number of hydrogen-bond acceptors (Lipinski definition) is 8. The zero-order valence-corrected chi connectivity index (χ0v) is 23.2. The van der Waals surface area contributed by atoms with Gasteiger partial charge in [0.1, 0.15) is 25.1 Å². The number of fused-ring (bicyclic) bond motifs is 2. The number of aliphatic hydroxyl groups excluding tert-OH is 2. The summed E-state index contributed by atoms with van der Waals surface area (Å²) in [4.78, 5) is 39.7. The van der Waals surface area contributed by atoms with E-state index in [9.17, 15) is 29.9 Å². The number of non-ortho nitro benzene ring substituents is 1. The van der Waals surface area contributed by atoms with Crippen LogP contribution < -0.4 is 28.4 Å². The molecule has 13 heteroatoms. The number of esters is 1. The number of hydrogen-bond donors (Lipinski definition) is 2. The van der Waals surface area contributed by atoms with E-state index in [1.165, 1.54) is 40.5 Å². The molecule has 37 heavy (non-hydrogen) atoms. The topological polar surface area (TPSA) is 139 Å². The molecule has 2 aliphatic heterocycles. The van der Waals surface area contributed by atoms with Gasteiger partial charge in [0.05, 0.1) is 34.9 Å². The number of aromatic nitrogens is 2. The van der Waals surface area contributed by atoms with Gasteiger partial charge in [0.15, 0.2) is 5.69 Å². The van der Waals surface area contributed by atoms with Crippen LogP contribution >= 0.6 is 11.3 Å². The molecule has 0 radical (unpaired) electrons. The summed E-state index contributed by atoms with van der Waals surface area (Å²) in [5, 5.41) is 30.9. The Morgan fingerprint density at radius 1 is 1.32 bits per heavy atom. The SMILES string of the molecule is C[C@@H](O)[C@H]1C(=O)N2C(C(=O)OCc3ccc([N+](=O)[O-])cc3)=C(c3c[n+]4cn(C)c(CO)c4s3)[C@H](C)[C@H]12.[I-]. The van der Waals surface area contributed by atoms with E-state index in [4.69, 9.17) is 4.74 Å². The summed E-state index contributed by atoms with van der Waals surface area (Å²) in [5.41, 5.74) is 2.03. The van der Waals surface area contributed by atoms with E-state index in [1.807, 2.05) is 35.5 Å². The third-order valence-electron chi connectivity index (χ3n) is 6.97. The Balaban J connectivity index is 0.00000320. The van der Waals surface area contributed by atoms with Gasteiger partial charge >= 0.3 is 5.97 Å². The van der Waals surface area contributed by atoms with Crippen molar-refractivity contribution < 1.29 is 57.8 Å². The van der Waals surface area contributed by atoms with Gasteiger partial charge in [-0.1, -0.05) is 18.3 Å². The number of halogens is 1. The van der Waals surface area contributed by atoms with E-state index in [0.717, 1.165) is 15.4 Å². The Kier molecular flexibility index (Phi) is 7.43. The van der Waals surface area contributed by atoms with Crippen LogP contribution in [0.5, 0.6) is 0 Å². The quantitative estimate of drug-likeness (QED) is 0.0805. The maximum atomic E-state index is 13.4. The Hall–Kier alpha value is -2.88. The number of aryl methyl sites for hydroxylation is 1. The van der Waals surface area contributed by atoms with Crippen molar-refractivity contribution in [2.75, 3.05) is 0 Å². The summed E-state index contributed by atoms with van der Waals surface area (Å²) < 4.78 is 9.25. The first-order valence-corrected chi connectivity index (χ1v) is 12.2. The van der Waals surface area contributed by atoms with E-state index in [2.05, 4.69) is 0 Å². The number of thiazole rings is 1. The van der Waals surface area contributed by atoms with Crippen LogP contribution in [0.15, 0.2) is 42.5 Å². The average molecular weight is 640 g/mol. The predicted molar refractivity (Wildman–Crippen MR) is 127 cm³/mol. The molecule has 0 aliphatic carbocycles. The molecule has 1 saturated heterocycles.